The molecule has 0 N–H and O–H groups in total. The molecule has 0 radical (unpaired) electrons. The molecule has 0 saturated carbocycles. The Morgan fingerprint density at radius 2 is 2.20 bits per heavy atom. The minimum atomic E-state index is -2.19. The molecule has 0 bridgehead atoms. The van der Waals surface area contributed by atoms with Crippen LogP contribution < -0.4 is 0 Å². The van der Waals surface area contributed by atoms with Crippen LogP contribution in [0.4, 0.5) is 8.78 Å². The zero-order valence-electron chi connectivity index (χ0n) is 7.65. The Morgan fingerprint density at radius 3 is 2.87 bits per heavy atom. The Hall–Kier alpha value is -0.900. The van der Waals surface area contributed by atoms with Crippen LogP contribution in [0.25, 0.3) is 0 Å². The molecule has 0 spiro atoms. The normalized spacial score (nSPS) is 24.1. The van der Waals surface area contributed by atoms with Crippen molar-refractivity contribution >= 4 is 8.25 Å². The molecule has 1 heterocycles. The van der Waals surface area contributed by atoms with Crippen molar-refractivity contribution in [2.45, 2.75) is 12.5 Å². The molecule has 1 aromatic rings. The van der Waals surface area contributed by atoms with Crippen LogP contribution in [0.5, 0.6) is 0 Å². The van der Waals surface area contributed by atoms with Gasteiger partial charge >= 0.3 is 8.25 Å². The van der Waals surface area contributed by atoms with Crippen LogP contribution in [0, 0.1) is 11.6 Å². The lowest BCUT2D eigenvalue weighted by atomic mass is 10.1. The van der Waals surface area contributed by atoms with Gasteiger partial charge in [0.2, 0.25) is 0 Å². The predicted octanol–water partition coefficient (Wildman–Crippen LogP) is 3.10. The number of hydrogen-bond acceptors (Lipinski definition) is 3. The molecule has 80 valence electrons. The van der Waals surface area contributed by atoms with Crippen molar-refractivity contribution in [1.29, 1.82) is 0 Å². The van der Waals surface area contributed by atoms with Crippen molar-refractivity contribution in [3.63, 3.8) is 0 Å². The van der Waals surface area contributed by atoms with Gasteiger partial charge in [-0.2, -0.15) is 0 Å². The van der Waals surface area contributed by atoms with E-state index in [4.69, 9.17) is 4.52 Å². The molecule has 0 aromatic heterocycles. The summed E-state index contributed by atoms with van der Waals surface area (Å²) in [5.41, 5.74) is 0.211. The van der Waals surface area contributed by atoms with Crippen LogP contribution in [0.15, 0.2) is 18.2 Å². The maximum Gasteiger partial charge on any atom is 0.698 e. The van der Waals surface area contributed by atoms with Gasteiger partial charge in [-0.1, -0.05) is 6.07 Å². The predicted molar refractivity (Wildman–Crippen MR) is 48.4 cm³/mol. The molecule has 3 nitrogen and oxygen atoms in total. The molecule has 0 amide bonds. The van der Waals surface area contributed by atoms with Gasteiger partial charge in [-0.15, -0.1) is 9.05 Å². The SMILES string of the molecule is O=[P+]1OCC[C@@H](c2ccc(F)cc2F)O1. The van der Waals surface area contributed by atoms with Crippen molar-refractivity contribution in [3.05, 3.63) is 35.4 Å². The largest absolute Gasteiger partial charge is 0.698 e. The van der Waals surface area contributed by atoms with Crippen LogP contribution in [0.2, 0.25) is 0 Å². The monoisotopic (exact) mass is 233 g/mol. The molecule has 15 heavy (non-hydrogen) atoms. The summed E-state index contributed by atoms with van der Waals surface area (Å²) >= 11 is 0. The van der Waals surface area contributed by atoms with E-state index in [1.165, 1.54) is 6.07 Å². The van der Waals surface area contributed by atoms with E-state index in [-0.39, 0.29) is 12.2 Å². The lowest BCUT2D eigenvalue weighted by Gasteiger charge is -2.13. The summed E-state index contributed by atoms with van der Waals surface area (Å²) in [6, 6.07) is 3.22. The van der Waals surface area contributed by atoms with Gasteiger partial charge in [0, 0.05) is 22.6 Å². The van der Waals surface area contributed by atoms with E-state index in [0.717, 1.165) is 12.1 Å². The highest BCUT2D eigenvalue weighted by atomic mass is 31.1. The molecule has 1 unspecified atom stereocenters. The third kappa shape index (κ3) is 2.37. The fraction of sp³-hybridized carbons (Fsp3) is 0.333. The minimum Gasteiger partial charge on any atom is -0.207 e. The molecular weight excluding hydrogens is 225 g/mol. The highest BCUT2D eigenvalue weighted by molar-refractivity contribution is 7.33. The third-order valence-electron chi connectivity index (χ3n) is 2.10. The molecular formula is C9H8F2O3P+. The number of benzene rings is 1. The second-order valence-electron chi connectivity index (χ2n) is 3.11. The number of rotatable bonds is 1. The average Bonchev–Trinajstić information content (AvgIpc) is 2.17. The molecule has 6 heteroatoms. The van der Waals surface area contributed by atoms with Crippen LogP contribution in [-0.4, -0.2) is 6.61 Å². The lowest BCUT2D eigenvalue weighted by Crippen LogP contribution is -2.10. The maximum absolute atomic E-state index is 13.3. The molecule has 0 aliphatic carbocycles. The van der Waals surface area contributed by atoms with Crippen molar-refractivity contribution in [3.8, 4) is 0 Å². The Balaban J connectivity index is 2.24. The van der Waals surface area contributed by atoms with E-state index in [0.29, 0.717) is 6.42 Å². The highest BCUT2D eigenvalue weighted by Gasteiger charge is 2.35. The van der Waals surface area contributed by atoms with Crippen molar-refractivity contribution in [2.75, 3.05) is 6.61 Å². The Labute approximate surface area is 86.0 Å². The van der Waals surface area contributed by atoms with Gasteiger partial charge in [0.25, 0.3) is 0 Å². The summed E-state index contributed by atoms with van der Waals surface area (Å²) in [4.78, 5) is 0. The second kappa shape index (κ2) is 4.31. The van der Waals surface area contributed by atoms with E-state index in [1.807, 2.05) is 0 Å². The molecule has 1 fully saturated rings. The Kier molecular flexibility index (Phi) is 3.05. The fourth-order valence-electron chi connectivity index (χ4n) is 1.40. The second-order valence-corrected chi connectivity index (χ2v) is 4.02. The van der Waals surface area contributed by atoms with Gasteiger partial charge < -0.3 is 0 Å². The summed E-state index contributed by atoms with van der Waals surface area (Å²) in [6.45, 7) is 0.247. The van der Waals surface area contributed by atoms with E-state index < -0.39 is 26.0 Å². The topological polar surface area (TPSA) is 35.5 Å². The number of halogens is 2. The summed E-state index contributed by atoms with van der Waals surface area (Å²) in [7, 11) is -2.19. The van der Waals surface area contributed by atoms with Gasteiger partial charge in [0.1, 0.15) is 24.3 Å². The smallest absolute Gasteiger partial charge is 0.207 e. The lowest BCUT2D eigenvalue weighted by molar-refractivity contribution is 0.0944. The van der Waals surface area contributed by atoms with Crippen molar-refractivity contribution < 1.29 is 22.4 Å². The van der Waals surface area contributed by atoms with Crippen molar-refractivity contribution in [1.82, 2.24) is 0 Å². The highest BCUT2D eigenvalue weighted by Crippen LogP contribution is 2.40. The summed E-state index contributed by atoms with van der Waals surface area (Å²) < 4.78 is 46.5. The number of hydrogen-bond donors (Lipinski definition) is 0. The first kappa shape index (κ1) is 10.6. The van der Waals surface area contributed by atoms with Gasteiger partial charge in [-0.3, -0.25) is 0 Å². The first-order valence-corrected chi connectivity index (χ1v) is 5.48. The van der Waals surface area contributed by atoms with Crippen LogP contribution in [0.3, 0.4) is 0 Å². The van der Waals surface area contributed by atoms with Crippen LogP contribution in [0.1, 0.15) is 18.1 Å². The van der Waals surface area contributed by atoms with Gasteiger partial charge in [0.15, 0.2) is 0 Å². The molecule has 1 saturated heterocycles. The van der Waals surface area contributed by atoms with Crippen LogP contribution in [-0.2, 0) is 13.6 Å². The zero-order valence-corrected chi connectivity index (χ0v) is 8.55. The maximum atomic E-state index is 13.3. The van der Waals surface area contributed by atoms with Gasteiger partial charge in [-0.05, 0) is 6.07 Å². The fourth-order valence-corrected chi connectivity index (χ4v) is 2.14. The van der Waals surface area contributed by atoms with E-state index in [2.05, 4.69) is 4.52 Å². The quantitative estimate of drug-likeness (QED) is 0.699. The molecule has 1 aliphatic rings. The average molecular weight is 233 g/mol. The van der Waals surface area contributed by atoms with Gasteiger partial charge in [0.05, 0.1) is 0 Å². The molecule has 2 rings (SSSR count). The third-order valence-corrected chi connectivity index (χ3v) is 2.92. The van der Waals surface area contributed by atoms with E-state index in [9.17, 15) is 13.3 Å². The first-order valence-electron chi connectivity index (χ1n) is 4.39. The van der Waals surface area contributed by atoms with E-state index >= 15 is 0 Å². The summed E-state index contributed by atoms with van der Waals surface area (Å²) in [6.07, 6.45) is -0.216. The van der Waals surface area contributed by atoms with Crippen molar-refractivity contribution in [2.24, 2.45) is 0 Å². The zero-order chi connectivity index (χ0) is 10.8. The van der Waals surface area contributed by atoms with Gasteiger partial charge in [-0.25, -0.2) is 8.78 Å². The Morgan fingerprint density at radius 1 is 1.40 bits per heavy atom. The van der Waals surface area contributed by atoms with E-state index in [1.54, 1.807) is 0 Å². The molecule has 1 aromatic carbocycles. The molecule has 1 aliphatic heterocycles. The summed E-state index contributed by atoms with van der Waals surface area (Å²) in [5.74, 6) is -1.34. The Bertz CT molecular complexity index is 397. The van der Waals surface area contributed by atoms with Crippen LogP contribution >= 0.6 is 8.25 Å². The minimum absolute atomic E-state index is 0.211. The standard InChI is InChI=1S/C9H8F2O3P/c10-6-1-2-7(8(11)5-6)9-3-4-13-15(12)14-9/h1-2,5,9H,3-4H2/q+1/t9-/m0/s1. The summed E-state index contributed by atoms with van der Waals surface area (Å²) in [5, 5.41) is 0. The molecule has 2 atom stereocenters. The first-order chi connectivity index (χ1) is 7.16.